The van der Waals surface area contributed by atoms with Gasteiger partial charge in [0.1, 0.15) is 0 Å². The lowest BCUT2D eigenvalue weighted by molar-refractivity contribution is -0.137. The van der Waals surface area contributed by atoms with Crippen molar-refractivity contribution in [1.82, 2.24) is 0 Å². The van der Waals surface area contributed by atoms with Crippen molar-refractivity contribution in [2.75, 3.05) is 11.4 Å². The summed E-state index contributed by atoms with van der Waals surface area (Å²) >= 11 is 0. The number of rotatable bonds is 6. The van der Waals surface area contributed by atoms with E-state index in [4.69, 9.17) is 0 Å². The number of hydrogen-bond acceptors (Lipinski definition) is 1. The summed E-state index contributed by atoms with van der Waals surface area (Å²) in [5, 5.41) is 0. The third kappa shape index (κ3) is 5.87. The van der Waals surface area contributed by atoms with Crippen LogP contribution >= 0.6 is 0 Å². The largest absolute Gasteiger partial charge is 0.416 e. The first-order valence-corrected chi connectivity index (χ1v) is 8.29. The quantitative estimate of drug-likeness (QED) is 0.415. The van der Waals surface area contributed by atoms with E-state index in [0.717, 1.165) is 18.2 Å². The molecule has 2 nitrogen and oxygen atoms in total. The molecule has 0 bridgehead atoms. The lowest BCUT2D eigenvalue weighted by Gasteiger charge is -2.22. The van der Waals surface area contributed by atoms with Gasteiger partial charge in [0.2, 0.25) is 5.91 Å². The molecule has 0 saturated carbocycles. The van der Waals surface area contributed by atoms with Gasteiger partial charge in [0, 0.05) is 18.7 Å². The number of carbonyl (C=O) groups is 1. The van der Waals surface area contributed by atoms with Gasteiger partial charge in [-0.25, -0.2) is 0 Å². The summed E-state index contributed by atoms with van der Waals surface area (Å²) in [7, 11) is 0. The molecule has 0 unspecified atom stereocenters. The van der Waals surface area contributed by atoms with E-state index in [1.807, 2.05) is 0 Å². The van der Waals surface area contributed by atoms with Crippen LogP contribution in [0.4, 0.5) is 32.0 Å². The molecule has 0 aliphatic heterocycles. The number of benzene rings is 2. The first-order chi connectivity index (χ1) is 13.0. The Morgan fingerprint density at radius 1 is 0.893 bits per heavy atom. The van der Waals surface area contributed by atoms with Gasteiger partial charge in [-0.3, -0.25) is 4.79 Å². The van der Waals surface area contributed by atoms with Crippen LogP contribution in [0.5, 0.6) is 0 Å². The zero-order valence-corrected chi connectivity index (χ0v) is 14.6. The maximum Gasteiger partial charge on any atom is 0.416 e. The standard InChI is InChI=1S/C20H17F6NO/c1-2-18(28)27(13-3-12-19(21,22)23)17-10-6-15(7-11-17)14-4-8-16(9-5-14)20(24,25)26/h2,4-11H,1,3,12-13H2. The van der Waals surface area contributed by atoms with E-state index in [1.54, 1.807) is 12.1 Å². The number of hydrogen-bond donors (Lipinski definition) is 0. The van der Waals surface area contributed by atoms with Gasteiger partial charge in [0.15, 0.2) is 0 Å². The molecule has 0 aliphatic carbocycles. The van der Waals surface area contributed by atoms with Crippen molar-refractivity contribution < 1.29 is 31.1 Å². The van der Waals surface area contributed by atoms with Gasteiger partial charge in [-0.05, 0) is 47.9 Å². The average molecular weight is 401 g/mol. The second kappa shape index (κ2) is 8.50. The van der Waals surface area contributed by atoms with E-state index < -0.39 is 30.2 Å². The van der Waals surface area contributed by atoms with E-state index in [9.17, 15) is 31.1 Å². The van der Waals surface area contributed by atoms with Gasteiger partial charge in [0.25, 0.3) is 0 Å². The summed E-state index contributed by atoms with van der Waals surface area (Å²) in [6, 6.07) is 10.8. The topological polar surface area (TPSA) is 20.3 Å². The first kappa shape index (κ1) is 21.5. The predicted octanol–water partition coefficient (Wildman–Crippen LogP) is 6.23. The van der Waals surface area contributed by atoms with Crippen molar-refractivity contribution in [2.45, 2.75) is 25.2 Å². The van der Waals surface area contributed by atoms with E-state index in [-0.39, 0.29) is 13.0 Å². The number of amides is 1. The maximum atomic E-state index is 12.6. The van der Waals surface area contributed by atoms with E-state index in [0.29, 0.717) is 16.8 Å². The Morgan fingerprint density at radius 3 is 1.82 bits per heavy atom. The van der Waals surface area contributed by atoms with E-state index in [2.05, 4.69) is 6.58 Å². The molecule has 0 atom stereocenters. The van der Waals surface area contributed by atoms with Gasteiger partial charge in [0.05, 0.1) is 5.56 Å². The molecule has 150 valence electrons. The molecule has 2 aromatic carbocycles. The van der Waals surface area contributed by atoms with Crippen molar-refractivity contribution in [2.24, 2.45) is 0 Å². The SMILES string of the molecule is C=CC(=O)N(CCCC(F)(F)F)c1ccc(-c2ccc(C(F)(F)F)cc2)cc1. The van der Waals surface area contributed by atoms with Gasteiger partial charge in [-0.1, -0.05) is 30.8 Å². The molecule has 0 radical (unpaired) electrons. The Bertz CT molecular complexity index is 807. The Hall–Kier alpha value is -2.77. The monoisotopic (exact) mass is 401 g/mol. The fourth-order valence-corrected chi connectivity index (χ4v) is 2.60. The molecular weight excluding hydrogens is 384 g/mol. The highest BCUT2D eigenvalue weighted by molar-refractivity contribution is 6.01. The predicted molar refractivity (Wildman–Crippen MR) is 94.7 cm³/mol. The highest BCUT2D eigenvalue weighted by atomic mass is 19.4. The van der Waals surface area contributed by atoms with Crippen LogP contribution in [0.3, 0.4) is 0 Å². The molecular formula is C20H17F6NO. The number of carbonyl (C=O) groups excluding carboxylic acids is 1. The van der Waals surface area contributed by atoms with Crippen LogP contribution in [-0.2, 0) is 11.0 Å². The number of alkyl halides is 6. The minimum Gasteiger partial charge on any atom is -0.309 e. The zero-order chi connectivity index (χ0) is 20.9. The van der Waals surface area contributed by atoms with Crippen molar-refractivity contribution in [3.05, 3.63) is 66.7 Å². The lowest BCUT2D eigenvalue weighted by atomic mass is 10.0. The van der Waals surface area contributed by atoms with Gasteiger partial charge >= 0.3 is 12.4 Å². The number of anilines is 1. The fraction of sp³-hybridized carbons (Fsp3) is 0.250. The third-order valence-corrected chi connectivity index (χ3v) is 4.01. The molecule has 28 heavy (non-hydrogen) atoms. The van der Waals surface area contributed by atoms with Crippen molar-refractivity contribution in [3.8, 4) is 11.1 Å². The van der Waals surface area contributed by atoms with Crippen LogP contribution in [0.15, 0.2) is 61.2 Å². The second-order valence-corrected chi connectivity index (χ2v) is 6.03. The molecule has 1 amide bonds. The number of halogens is 6. The van der Waals surface area contributed by atoms with Crippen LogP contribution in [0, 0.1) is 0 Å². The Labute approximate surface area is 158 Å². The highest BCUT2D eigenvalue weighted by Gasteiger charge is 2.30. The van der Waals surface area contributed by atoms with E-state index >= 15 is 0 Å². The molecule has 0 fully saturated rings. The van der Waals surface area contributed by atoms with Gasteiger partial charge in [-0.15, -0.1) is 0 Å². The summed E-state index contributed by atoms with van der Waals surface area (Å²) in [6.07, 6.45) is -9.00. The molecule has 0 aromatic heterocycles. The summed E-state index contributed by atoms with van der Waals surface area (Å²) in [6.45, 7) is 3.22. The molecule has 0 heterocycles. The number of nitrogens with zero attached hydrogens (tertiary/aromatic N) is 1. The molecule has 8 heteroatoms. The molecule has 2 aromatic rings. The fourth-order valence-electron chi connectivity index (χ4n) is 2.60. The van der Waals surface area contributed by atoms with Crippen LogP contribution in [-0.4, -0.2) is 18.6 Å². The van der Waals surface area contributed by atoms with Gasteiger partial charge < -0.3 is 4.90 Å². The van der Waals surface area contributed by atoms with Crippen molar-refractivity contribution in [1.29, 1.82) is 0 Å². The van der Waals surface area contributed by atoms with Gasteiger partial charge in [-0.2, -0.15) is 26.3 Å². The Balaban J connectivity index is 2.17. The smallest absolute Gasteiger partial charge is 0.309 e. The first-order valence-electron chi connectivity index (χ1n) is 8.29. The minimum absolute atomic E-state index is 0.135. The average Bonchev–Trinajstić information content (AvgIpc) is 2.63. The normalized spacial score (nSPS) is 11.9. The maximum absolute atomic E-state index is 12.6. The second-order valence-electron chi connectivity index (χ2n) is 6.03. The summed E-state index contributed by atoms with van der Waals surface area (Å²) < 4.78 is 74.9. The zero-order valence-electron chi connectivity index (χ0n) is 14.6. The van der Waals surface area contributed by atoms with Crippen LogP contribution in [0.2, 0.25) is 0 Å². The molecule has 0 N–H and O–H groups in total. The molecule has 0 spiro atoms. The summed E-state index contributed by atoms with van der Waals surface area (Å²) in [4.78, 5) is 13.2. The highest BCUT2D eigenvalue weighted by Crippen LogP contribution is 2.31. The lowest BCUT2D eigenvalue weighted by Crippen LogP contribution is -2.30. The summed E-state index contributed by atoms with van der Waals surface area (Å²) in [5.74, 6) is -0.538. The van der Waals surface area contributed by atoms with Crippen molar-refractivity contribution in [3.63, 3.8) is 0 Å². The molecule has 0 saturated heterocycles. The van der Waals surface area contributed by atoms with Crippen LogP contribution in [0.1, 0.15) is 18.4 Å². The van der Waals surface area contributed by atoms with E-state index in [1.165, 1.54) is 29.2 Å². The Kier molecular flexibility index (Phi) is 6.53. The summed E-state index contributed by atoms with van der Waals surface area (Å²) in [5.41, 5.74) is 0.764. The van der Waals surface area contributed by atoms with Crippen LogP contribution in [0.25, 0.3) is 11.1 Å². The third-order valence-electron chi connectivity index (χ3n) is 4.01. The van der Waals surface area contributed by atoms with Crippen LogP contribution < -0.4 is 4.90 Å². The molecule has 0 aliphatic rings. The van der Waals surface area contributed by atoms with Crippen molar-refractivity contribution >= 4 is 11.6 Å². The Morgan fingerprint density at radius 2 is 1.39 bits per heavy atom. The minimum atomic E-state index is -4.43. The molecule has 2 rings (SSSR count).